The number of rotatable bonds is 6. The number of pyridine rings is 1. The zero-order valence-corrected chi connectivity index (χ0v) is 18.0. The minimum absolute atomic E-state index is 0.211. The zero-order valence-electron chi connectivity index (χ0n) is 17.3. The van der Waals surface area contributed by atoms with Crippen molar-refractivity contribution in [2.45, 2.75) is 6.04 Å². The van der Waals surface area contributed by atoms with Crippen LogP contribution in [0.2, 0.25) is 5.02 Å². The summed E-state index contributed by atoms with van der Waals surface area (Å²) in [6.07, 6.45) is 5.51. The van der Waals surface area contributed by atoms with Gasteiger partial charge in [0.15, 0.2) is 0 Å². The lowest BCUT2D eigenvalue weighted by Gasteiger charge is -2.29. The second-order valence-electron chi connectivity index (χ2n) is 7.08. The molecule has 0 radical (unpaired) electrons. The highest BCUT2D eigenvalue weighted by molar-refractivity contribution is 6.33. The zero-order chi connectivity index (χ0) is 21.8. The highest BCUT2D eigenvalue weighted by Crippen LogP contribution is 2.33. The number of hydrogen-bond acceptors (Lipinski definition) is 3. The van der Waals surface area contributed by atoms with E-state index >= 15 is 0 Å². The van der Waals surface area contributed by atoms with Crippen molar-refractivity contribution < 1.29 is 9.53 Å². The fraction of sp³-hybridized carbons (Fsp3) is 0.120. The van der Waals surface area contributed by atoms with Gasteiger partial charge in [0.1, 0.15) is 5.75 Å². The SMILES string of the molecule is COc1cc(-n2cccc2)c(Cl)cc1C(=O)N(C)[C@H](c1ccccc1)c1ccccn1. The topological polar surface area (TPSA) is 47.4 Å². The number of halogens is 1. The highest BCUT2D eigenvalue weighted by atomic mass is 35.5. The van der Waals surface area contributed by atoms with Gasteiger partial charge in [-0.25, -0.2) is 0 Å². The second-order valence-corrected chi connectivity index (χ2v) is 7.49. The Hall–Kier alpha value is -3.57. The molecule has 4 aromatic rings. The van der Waals surface area contributed by atoms with Gasteiger partial charge in [-0.2, -0.15) is 0 Å². The molecule has 0 spiro atoms. The van der Waals surface area contributed by atoms with Gasteiger partial charge in [0, 0.05) is 31.7 Å². The average Bonchev–Trinajstić information content (AvgIpc) is 3.34. The van der Waals surface area contributed by atoms with Crippen molar-refractivity contribution in [2.24, 2.45) is 0 Å². The number of methoxy groups -OCH3 is 1. The normalized spacial score (nSPS) is 11.7. The molecule has 1 amide bonds. The highest BCUT2D eigenvalue weighted by Gasteiger charge is 2.28. The van der Waals surface area contributed by atoms with Crippen LogP contribution in [0, 0.1) is 0 Å². The number of hydrogen-bond donors (Lipinski definition) is 0. The molecule has 0 saturated heterocycles. The van der Waals surface area contributed by atoms with Gasteiger partial charge in [-0.15, -0.1) is 0 Å². The fourth-order valence-electron chi connectivity index (χ4n) is 3.64. The maximum Gasteiger partial charge on any atom is 0.258 e. The molecule has 6 heteroatoms. The van der Waals surface area contributed by atoms with E-state index in [2.05, 4.69) is 4.98 Å². The van der Waals surface area contributed by atoms with Crippen LogP contribution < -0.4 is 4.74 Å². The molecule has 2 aromatic carbocycles. The van der Waals surface area contributed by atoms with Crippen LogP contribution in [0.4, 0.5) is 0 Å². The van der Waals surface area contributed by atoms with Crippen molar-refractivity contribution in [1.82, 2.24) is 14.5 Å². The molecule has 0 aliphatic carbocycles. The van der Waals surface area contributed by atoms with E-state index in [1.54, 1.807) is 37.4 Å². The Balaban J connectivity index is 1.76. The lowest BCUT2D eigenvalue weighted by Crippen LogP contribution is -2.32. The summed E-state index contributed by atoms with van der Waals surface area (Å²) in [4.78, 5) is 19.8. The molecule has 4 rings (SSSR count). The Morgan fingerprint density at radius 1 is 1.03 bits per heavy atom. The van der Waals surface area contributed by atoms with Crippen LogP contribution in [0.5, 0.6) is 5.75 Å². The van der Waals surface area contributed by atoms with Gasteiger partial charge < -0.3 is 14.2 Å². The smallest absolute Gasteiger partial charge is 0.258 e. The molecule has 5 nitrogen and oxygen atoms in total. The van der Waals surface area contributed by atoms with Crippen molar-refractivity contribution in [1.29, 1.82) is 0 Å². The molecular formula is C25H22ClN3O2. The Labute approximate surface area is 186 Å². The van der Waals surface area contributed by atoms with Crippen LogP contribution in [0.1, 0.15) is 27.7 Å². The third-order valence-electron chi connectivity index (χ3n) is 5.17. The van der Waals surface area contributed by atoms with Gasteiger partial charge >= 0.3 is 0 Å². The van der Waals surface area contributed by atoms with Gasteiger partial charge in [-0.1, -0.05) is 48.0 Å². The molecule has 0 unspecified atom stereocenters. The van der Waals surface area contributed by atoms with E-state index < -0.39 is 0 Å². The molecule has 156 valence electrons. The number of benzene rings is 2. The molecule has 0 N–H and O–H groups in total. The first-order valence-corrected chi connectivity index (χ1v) is 10.2. The molecule has 2 heterocycles. The van der Waals surface area contributed by atoms with Crippen molar-refractivity contribution in [3.63, 3.8) is 0 Å². The van der Waals surface area contributed by atoms with Crippen LogP contribution in [0.3, 0.4) is 0 Å². The summed E-state index contributed by atoms with van der Waals surface area (Å²) in [7, 11) is 3.31. The first-order valence-electron chi connectivity index (χ1n) is 9.84. The maximum atomic E-state index is 13.6. The van der Waals surface area contributed by atoms with Gasteiger partial charge in [-0.05, 0) is 35.9 Å². The van der Waals surface area contributed by atoms with Crippen molar-refractivity contribution in [3.8, 4) is 11.4 Å². The van der Waals surface area contributed by atoms with E-state index in [1.165, 1.54) is 0 Å². The number of aromatic nitrogens is 2. The van der Waals surface area contributed by atoms with Gasteiger partial charge in [0.25, 0.3) is 5.91 Å². The lowest BCUT2D eigenvalue weighted by atomic mass is 10.0. The number of carbonyl (C=O) groups excluding carboxylic acids is 1. The van der Waals surface area contributed by atoms with E-state index in [0.29, 0.717) is 16.3 Å². The van der Waals surface area contributed by atoms with Crippen molar-refractivity contribution in [2.75, 3.05) is 14.2 Å². The lowest BCUT2D eigenvalue weighted by molar-refractivity contribution is 0.0749. The second kappa shape index (κ2) is 9.06. The molecule has 0 fully saturated rings. The predicted molar refractivity (Wildman–Crippen MR) is 122 cm³/mol. The molecule has 0 saturated carbocycles. The monoisotopic (exact) mass is 431 g/mol. The van der Waals surface area contributed by atoms with E-state index in [0.717, 1.165) is 16.9 Å². The third-order valence-corrected chi connectivity index (χ3v) is 5.48. The third kappa shape index (κ3) is 4.18. The van der Waals surface area contributed by atoms with E-state index in [1.807, 2.05) is 77.6 Å². The van der Waals surface area contributed by atoms with Crippen molar-refractivity contribution in [3.05, 3.63) is 113 Å². The molecule has 0 aliphatic rings. The van der Waals surface area contributed by atoms with E-state index in [9.17, 15) is 4.79 Å². The van der Waals surface area contributed by atoms with Crippen LogP contribution >= 0.6 is 11.6 Å². The summed E-state index contributed by atoms with van der Waals surface area (Å²) in [5, 5.41) is 0.461. The molecule has 1 atom stereocenters. The summed E-state index contributed by atoms with van der Waals surface area (Å²) >= 11 is 6.55. The molecular weight excluding hydrogens is 410 g/mol. The number of nitrogens with zero attached hydrogens (tertiary/aromatic N) is 3. The van der Waals surface area contributed by atoms with Gasteiger partial charge in [0.05, 0.1) is 35.1 Å². The van der Waals surface area contributed by atoms with Gasteiger partial charge in [0.2, 0.25) is 0 Å². The molecule has 31 heavy (non-hydrogen) atoms. The minimum atomic E-state index is -0.359. The Morgan fingerprint density at radius 2 is 1.74 bits per heavy atom. The number of carbonyl (C=O) groups is 1. The first-order chi connectivity index (χ1) is 15.1. The Morgan fingerprint density at radius 3 is 2.39 bits per heavy atom. The number of ether oxygens (including phenoxy) is 1. The van der Waals surface area contributed by atoms with Crippen LogP contribution in [0.15, 0.2) is 91.4 Å². The molecule has 0 bridgehead atoms. The Kier molecular flexibility index (Phi) is 6.05. The van der Waals surface area contributed by atoms with Crippen molar-refractivity contribution >= 4 is 17.5 Å². The molecule has 0 aliphatic heterocycles. The van der Waals surface area contributed by atoms with Crippen LogP contribution in [0.25, 0.3) is 5.69 Å². The number of amides is 1. The summed E-state index contributed by atoms with van der Waals surface area (Å²) < 4.78 is 7.44. The predicted octanol–water partition coefficient (Wildman–Crippen LogP) is 5.40. The molecule has 2 aromatic heterocycles. The Bertz CT molecular complexity index is 1120. The minimum Gasteiger partial charge on any atom is -0.496 e. The standard InChI is InChI=1S/C25H22ClN3O2/c1-28(24(18-10-4-3-5-11-18)21-12-6-7-13-27-21)25(30)19-16-20(26)22(17-23(19)31-2)29-14-8-9-15-29/h3-17,24H,1-2H3/t24-/m1/s1. The summed E-state index contributed by atoms with van der Waals surface area (Å²) in [5.74, 6) is 0.245. The fourth-order valence-corrected chi connectivity index (χ4v) is 3.91. The summed E-state index contributed by atoms with van der Waals surface area (Å²) in [6, 6.07) is 22.4. The maximum absolute atomic E-state index is 13.6. The van der Waals surface area contributed by atoms with E-state index in [4.69, 9.17) is 16.3 Å². The van der Waals surface area contributed by atoms with E-state index in [-0.39, 0.29) is 11.9 Å². The summed E-state index contributed by atoms with van der Waals surface area (Å²) in [6.45, 7) is 0. The van der Waals surface area contributed by atoms with Crippen LogP contribution in [-0.4, -0.2) is 34.5 Å². The quantitative estimate of drug-likeness (QED) is 0.411. The summed E-state index contributed by atoms with van der Waals surface area (Å²) in [5.41, 5.74) is 2.87. The van der Waals surface area contributed by atoms with Gasteiger partial charge in [-0.3, -0.25) is 9.78 Å². The first kappa shape index (κ1) is 20.7. The van der Waals surface area contributed by atoms with Crippen LogP contribution in [-0.2, 0) is 0 Å². The largest absolute Gasteiger partial charge is 0.496 e. The average molecular weight is 432 g/mol.